The lowest BCUT2D eigenvalue weighted by Crippen LogP contribution is -2.44. The summed E-state index contributed by atoms with van der Waals surface area (Å²) in [6.45, 7) is 0. The van der Waals surface area contributed by atoms with Crippen LogP contribution >= 0.6 is 0 Å². The van der Waals surface area contributed by atoms with Gasteiger partial charge in [0.05, 0.1) is 0 Å². The number of aliphatic hydroxyl groups is 2. The molecule has 0 aliphatic rings. The van der Waals surface area contributed by atoms with Gasteiger partial charge in [0.1, 0.15) is 0 Å². The van der Waals surface area contributed by atoms with Gasteiger partial charge in [0.15, 0.2) is 18.0 Å². The maximum absolute atomic E-state index is 12.0. The number of rotatable bonds is 3. The summed E-state index contributed by atoms with van der Waals surface area (Å²) in [5, 5.41) is 17.7. The van der Waals surface area contributed by atoms with Crippen molar-refractivity contribution < 1.29 is 28.2 Å². The molecule has 6 heteroatoms. The van der Waals surface area contributed by atoms with E-state index in [1.807, 2.05) is 0 Å². The van der Waals surface area contributed by atoms with E-state index in [1.165, 1.54) is 24.3 Å². The largest absolute Gasteiger partial charge is 0.417 e. The van der Waals surface area contributed by atoms with Crippen molar-refractivity contribution in [2.45, 2.75) is 18.4 Å². The zero-order chi connectivity index (χ0) is 12.3. The molecule has 1 aromatic carbocycles. The van der Waals surface area contributed by atoms with Crippen LogP contribution in [0.25, 0.3) is 0 Å². The molecule has 0 radical (unpaired) electrons. The first-order chi connectivity index (χ1) is 7.34. The fraction of sp³-hybridized carbons (Fsp3) is 0.300. The van der Waals surface area contributed by atoms with E-state index in [9.17, 15) is 18.0 Å². The van der Waals surface area contributed by atoms with Gasteiger partial charge < -0.3 is 10.2 Å². The molecule has 0 fully saturated rings. The number of hydrogen-bond acceptors (Lipinski definition) is 3. The van der Waals surface area contributed by atoms with Crippen molar-refractivity contribution in [3.05, 3.63) is 35.9 Å². The molecule has 1 rings (SSSR count). The molecule has 0 unspecified atom stereocenters. The van der Waals surface area contributed by atoms with Gasteiger partial charge in [0.2, 0.25) is 0 Å². The number of halogens is 3. The average Bonchev–Trinajstić information content (AvgIpc) is 2.26. The van der Waals surface area contributed by atoms with Crippen LogP contribution in [0.1, 0.15) is 10.4 Å². The first-order valence-electron chi connectivity index (χ1n) is 4.36. The highest BCUT2D eigenvalue weighted by Crippen LogP contribution is 2.23. The molecule has 0 saturated carbocycles. The quantitative estimate of drug-likeness (QED) is 0.771. The Morgan fingerprint density at radius 3 is 2.06 bits per heavy atom. The van der Waals surface area contributed by atoms with Crippen LogP contribution in [0, 0.1) is 0 Å². The maximum atomic E-state index is 12.0. The molecule has 88 valence electrons. The summed E-state index contributed by atoms with van der Waals surface area (Å²) >= 11 is 0. The standard InChI is InChI=1S/C10H9F3O3/c11-10(12,13)9(16)8(15)7(14)6-4-2-1-3-5-6/h1-5,8-9,15-16H/t8-,9+/m0/s1. The van der Waals surface area contributed by atoms with Gasteiger partial charge in [-0.1, -0.05) is 30.3 Å². The highest BCUT2D eigenvalue weighted by molar-refractivity contribution is 5.99. The second-order valence-corrected chi connectivity index (χ2v) is 3.16. The Morgan fingerprint density at radius 1 is 1.12 bits per heavy atom. The Labute approximate surface area is 89.1 Å². The van der Waals surface area contributed by atoms with Crippen molar-refractivity contribution in [1.82, 2.24) is 0 Å². The lowest BCUT2D eigenvalue weighted by atomic mass is 10.0. The first kappa shape index (κ1) is 12.7. The second-order valence-electron chi connectivity index (χ2n) is 3.16. The van der Waals surface area contributed by atoms with Gasteiger partial charge in [-0.15, -0.1) is 0 Å². The summed E-state index contributed by atoms with van der Waals surface area (Å²) in [6, 6.07) is 6.98. The van der Waals surface area contributed by atoms with E-state index < -0.39 is 24.2 Å². The highest BCUT2D eigenvalue weighted by Gasteiger charge is 2.45. The molecule has 0 spiro atoms. The lowest BCUT2D eigenvalue weighted by Gasteiger charge is -2.19. The van der Waals surface area contributed by atoms with Crippen molar-refractivity contribution in [3.63, 3.8) is 0 Å². The Hall–Kier alpha value is -1.40. The van der Waals surface area contributed by atoms with Gasteiger partial charge in [0.25, 0.3) is 0 Å². The van der Waals surface area contributed by atoms with E-state index >= 15 is 0 Å². The van der Waals surface area contributed by atoms with Crippen molar-refractivity contribution in [3.8, 4) is 0 Å². The SMILES string of the molecule is O=C(c1ccccc1)[C@H](O)[C@@H](O)C(F)(F)F. The minimum Gasteiger partial charge on any atom is -0.382 e. The minimum atomic E-state index is -5.02. The lowest BCUT2D eigenvalue weighted by molar-refractivity contribution is -0.222. The Balaban J connectivity index is 2.84. The van der Waals surface area contributed by atoms with Crippen molar-refractivity contribution in [2.75, 3.05) is 0 Å². The van der Waals surface area contributed by atoms with E-state index in [0.717, 1.165) is 0 Å². The number of alkyl halides is 3. The normalized spacial score (nSPS) is 15.6. The molecule has 0 saturated heterocycles. The molecule has 2 N–H and O–H groups in total. The number of hydrogen-bond donors (Lipinski definition) is 2. The van der Waals surface area contributed by atoms with Crippen LogP contribution in [0.4, 0.5) is 13.2 Å². The summed E-state index contributed by atoms with van der Waals surface area (Å²) < 4.78 is 36.0. The molecule has 0 aromatic heterocycles. The van der Waals surface area contributed by atoms with E-state index in [2.05, 4.69) is 0 Å². The van der Waals surface area contributed by atoms with Crippen LogP contribution < -0.4 is 0 Å². The first-order valence-corrected chi connectivity index (χ1v) is 4.36. The Bertz CT molecular complexity index is 361. The van der Waals surface area contributed by atoms with Crippen LogP contribution in [0.15, 0.2) is 30.3 Å². The van der Waals surface area contributed by atoms with Gasteiger partial charge in [-0.25, -0.2) is 0 Å². The van der Waals surface area contributed by atoms with Crippen LogP contribution in [-0.4, -0.2) is 34.4 Å². The molecular weight excluding hydrogens is 225 g/mol. The average molecular weight is 234 g/mol. The zero-order valence-electron chi connectivity index (χ0n) is 7.98. The maximum Gasteiger partial charge on any atom is 0.417 e. The molecule has 0 heterocycles. The molecule has 0 bridgehead atoms. The number of benzene rings is 1. The van der Waals surface area contributed by atoms with Gasteiger partial charge >= 0.3 is 6.18 Å². The van der Waals surface area contributed by atoms with Crippen LogP contribution in [0.2, 0.25) is 0 Å². The number of aliphatic hydroxyl groups excluding tert-OH is 2. The predicted octanol–water partition coefficient (Wildman–Crippen LogP) is 1.15. The van der Waals surface area contributed by atoms with E-state index in [1.54, 1.807) is 6.07 Å². The molecule has 0 aliphatic heterocycles. The van der Waals surface area contributed by atoms with E-state index in [4.69, 9.17) is 10.2 Å². The van der Waals surface area contributed by atoms with E-state index in [0.29, 0.717) is 0 Å². The number of carbonyl (C=O) groups excluding carboxylic acids is 1. The molecule has 0 amide bonds. The van der Waals surface area contributed by atoms with Gasteiger partial charge in [0, 0.05) is 5.56 Å². The van der Waals surface area contributed by atoms with Gasteiger partial charge in [-0.3, -0.25) is 4.79 Å². The summed E-state index contributed by atoms with van der Waals surface area (Å²) in [4.78, 5) is 11.3. The van der Waals surface area contributed by atoms with Crippen molar-refractivity contribution in [2.24, 2.45) is 0 Å². The fourth-order valence-electron chi connectivity index (χ4n) is 1.10. The number of Topliss-reactive ketones (excluding diaryl/α,β-unsaturated/α-hetero) is 1. The number of ketones is 1. The smallest absolute Gasteiger partial charge is 0.382 e. The molecular formula is C10H9F3O3. The van der Waals surface area contributed by atoms with Crippen molar-refractivity contribution in [1.29, 1.82) is 0 Å². The highest BCUT2D eigenvalue weighted by atomic mass is 19.4. The zero-order valence-corrected chi connectivity index (χ0v) is 7.98. The minimum absolute atomic E-state index is 0.0849. The third-order valence-corrected chi connectivity index (χ3v) is 1.96. The fourth-order valence-corrected chi connectivity index (χ4v) is 1.10. The summed E-state index contributed by atoms with van der Waals surface area (Å²) in [7, 11) is 0. The molecule has 0 aliphatic carbocycles. The Morgan fingerprint density at radius 2 is 1.62 bits per heavy atom. The molecule has 1 aromatic rings. The van der Waals surface area contributed by atoms with Crippen LogP contribution in [0.3, 0.4) is 0 Å². The summed E-state index contributed by atoms with van der Waals surface area (Å²) in [6.07, 6.45) is -10.6. The van der Waals surface area contributed by atoms with Crippen molar-refractivity contribution >= 4 is 5.78 Å². The summed E-state index contributed by atoms with van der Waals surface area (Å²) in [5.41, 5.74) is -0.0849. The van der Waals surface area contributed by atoms with Crippen LogP contribution in [0.5, 0.6) is 0 Å². The van der Waals surface area contributed by atoms with Gasteiger partial charge in [-0.05, 0) is 0 Å². The Kier molecular flexibility index (Phi) is 3.66. The van der Waals surface area contributed by atoms with Crippen LogP contribution in [-0.2, 0) is 0 Å². The topological polar surface area (TPSA) is 57.5 Å². The third kappa shape index (κ3) is 2.80. The third-order valence-electron chi connectivity index (χ3n) is 1.96. The molecule has 3 nitrogen and oxygen atoms in total. The van der Waals surface area contributed by atoms with E-state index in [-0.39, 0.29) is 5.56 Å². The predicted molar refractivity (Wildman–Crippen MR) is 48.8 cm³/mol. The van der Waals surface area contributed by atoms with Gasteiger partial charge in [-0.2, -0.15) is 13.2 Å². The summed E-state index contributed by atoms with van der Waals surface area (Å²) in [5.74, 6) is -1.16. The monoisotopic (exact) mass is 234 g/mol. The second kappa shape index (κ2) is 4.63. The number of carbonyl (C=O) groups is 1. The molecule has 16 heavy (non-hydrogen) atoms. The molecule has 2 atom stereocenters.